The summed E-state index contributed by atoms with van der Waals surface area (Å²) in [6.07, 6.45) is 6.02. The number of nitriles is 1. The summed E-state index contributed by atoms with van der Waals surface area (Å²) in [7, 11) is 0. The Labute approximate surface area is 159 Å². The van der Waals surface area contributed by atoms with E-state index in [4.69, 9.17) is 17.3 Å². The maximum absolute atomic E-state index is 9.72. The van der Waals surface area contributed by atoms with E-state index in [2.05, 4.69) is 24.5 Å². The molecule has 5 heteroatoms. The predicted octanol–water partition coefficient (Wildman–Crippen LogP) is 6.38. The maximum atomic E-state index is 9.72. The van der Waals surface area contributed by atoms with E-state index in [1.807, 2.05) is 24.3 Å². The molecule has 0 amide bonds. The fourth-order valence-corrected chi connectivity index (χ4v) is 5.09. The Bertz CT molecular complexity index is 781. The van der Waals surface area contributed by atoms with E-state index in [1.54, 1.807) is 11.8 Å². The van der Waals surface area contributed by atoms with Gasteiger partial charge in [0.1, 0.15) is 11.9 Å². The van der Waals surface area contributed by atoms with Crippen LogP contribution in [0.15, 0.2) is 34.2 Å². The molecule has 1 aliphatic rings. The van der Waals surface area contributed by atoms with Gasteiger partial charge < -0.3 is 10.3 Å². The van der Waals surface area contributed by atoms with Crippen molar-refractivity contribution in [3.8, 4) is 6.07 Å². The second kappa shape index (κ2) is 7.76. The van der Waals surface area contributed by atoms with Gasteiger partial charge in [-0.05, 0) is 43.0 Å². The number of hydrogen-bond acceptors (Lipinski definition) is 3. The molecule has 0 spiro atoms. The van der Waals surface area contributed by atoms with Crippen LogP contribution in [-0.4, -0.2) is 4.57 Å². The summed E-state index contributed by atoms with van der Waals surface area (Å²) in [6.45, 7) is 4.26. The number of nitrogens with two attached hydrogens (primary N) is 1. The van der Waals surface area contributed by atoms with Crippen LogP contribution in [0.4, 0.5) is 5.82 Å². The van der Waals surface area contributed by atoms with Crippen LogP contribution in [0.25, 0.3) is 0 Å². The van der Waals surface area contributed by atoms with E-state index in [-0.39, 0.29) is 5.92 Å². The lowest BCUT2D eigenvalue weighted by molar-refractivity contribution is 0.342. The molecule has 0 unspecified atom stereocenters. The number of anilines is 1. The number of aromatic nitrogens is 1. The lowest BCUT2D eigenvalue weighted by Crippen LogP contribution is -2.16. The van der Waals surface area contributed by atoms with Gasteiger partial charge in [0.25, 0.3) is 0 Å². The quantitative estimate of drug-likeness (QED) is 0.676. The molecule has 0 atom stereocenters. The second-order valence-electron chi connectivity index (χ2n) is 6.96. The van der Waals surface area contributed by atoms with Crippen LogP contribution in [0.5, 0.6) is 0 Å². The molecule has 1 heterocycles. The molecular weight excluding hydrogens is 350 g/mol. The molecule has 2 N–H and O–H groups in total. The van der Waals surface area contributed by atoms with Gasteiger partial charge in [0, 0.05) is 21.5 Å². The summed E-state index contributed by atoms with van der Waals surface area (Å²) in [5.74, 6) is 0.881. The number of rotatable bonds is 4. The van der Waals surface area contributed by atoms with Gasteiger partial charge in [0.05, 0.1) is 10.6 Å². The molecule has 3 rings (SSSR count). The minimum atomic E-state index is 0.247. The topological polar surface area (TPSA) is 54.7 Å². The summed E-state index contributed by atoms with van der Waals surface area (Å²) in [5.41, 5.74) is 8.19. The van der Waals surface area contributed by atoms with Crippen LogP contribution >= 0.6 is 23.4 Å². The van der Waals surface area contributed by atoms with Crippen molar-refractivity contribution in [3.63, 3.8) is 0 Å². The maximum Gasteiger partial charge on any atom is 0.122 e. The predicted molar refractivity (Wildman–Crippen MR) is 105 cm³/mol. The highest BCUT2D eigenvalue weighted by molar-refractivity contribution is 7.99. The van der Waals surface area contributed by atoms with E-state index in [9.17, 15) is 5.26 Å². The van der Waals surface area contributed by atoms with Gasteiger partial charge in [-0.2, -0.15) is 5.26 Å². The zero-order valence-electron chi connectivity index (χ0n) is 14.8. The average molecular weight is 374 g/mol. The van der Waals surface area contributed by atoms with Crippen LogP contribution in [0.3, 0.4) is 0 Å². The fraction of sp³-hybridized carbons (Fsp3) is 0.450. The smallest absolute Gasteiger partial charge is 0.122 e. The molecule has 0 saturated heterocycles. The van der Waals surface area contributed by atoms with Gasteiger partial charge in [-0.1, -0.05) is 56.5 Å². The Hall–Kier alpha value is -1.57. The number of halogens is 1. The Balaban J connectivity index is 2.12. The van der Waals surface area contributed by atoms with Crippen LogP contribution < -0.4 is 5.73 Å². The summed E-state index contributed by atoms with van der Waals surface area (Å²) < 4.78 is 2.24. The number of nitrogens with zero attached hydrogens (tertiary/aromatic N) is 2. The highest BCUT2D eigenvalue weighted by Crippen LogP contribution is 2.45. The molecule has 0 aliphatic heterocycles. The minimum Gasteiger partial charge on any atom is -0.384 e. The summed E-state index contributed by atoms with van der Waals surface area (Å²) in [4.78, 5) is 1.12. The first-order valence-electron chi connectivity index (χ1n) is 8.90. The minimum absolute atomic E-state index is 0.247. The standard InChI is InChI=1S/C20H24ClN3S/c1-13(2)18-17(12-22)19(23)24(15-6-4-3-5-7-15)20(18)25-16-10-8-14(21)9-11-16/h8-11,13,15H,3-7,23H2,1-2H3. The first kappa shape index (κ1) is 18.2. The summed E-state index contributed by atoms with van der Waals surface area (Å²) in [6, 6.07) is 10.6. The van der Waals surface area contributed by atoms with E-state index in [1.165, 1.54) is 19.3 Å². The van der Waals surface area contributed by atoms with Crippen LogP contribution in [-0.2, 0) is 0 Å². The largest absolute Gasteiger partial charge is 0.384 e. The van der Waals surface area contributed by atoms with E-state index in [0.29, 0.717) is 17.4 Å². The van der Waals surface area contributed by atoms with Gasteiger partial charge in [-0.25, -0.2) is 0 Å². The average Bonchev–Trinajstić information content (AvgIpc) is 2.89. The van der Waals surface area contributed by atoms with E-state index < -0.39 is 0 Å². The monoisotopic (exact) mass is 373 g/mol. The van der Waals surface area contributed by atoms with Crippen molar-refractivity contribution in [1.29, 1.82) is 5.26 Å². The molecule has 1 aromatic heterocycles. The molecule has 1 aliphatic carbocycles. The lowest BCUT2D eigenvalue weighted by Gasteiger charge is -2.27. The van der Waals surface area contributed by atoms with E-state index in [0.717, 1.165) is 33.3 Å². The Morgan fingerprint density at radius 3 is 2.40 bits per heavy atom. The van der Waals surface area contributed by atoms with Crippen molar-refractivity contribution in [2.75, 3.05) is 5.73 Å². The van der Waals surface area contributed by atoms with Gasteiger partial charge in [0.15, 0.2) is 0 Å². The molecule has 0 bridgehead atoms. The Morgan fingerprint density at radius 1 is 1.20 bits per heavy atom. The van der Waals surface area contributed by atoms with Crippen LogP contribution in [0.1, 0.15) is 69.0 Å². The third-order valence-electron chi connectivity index (χ3n) is 4.89. The van der Waals surface area contributed by atoms with E-state index >= 15 is 0 Å². The van der Waals surface area contributed by atoms with Crippen molar-refractivity contribution in [3.05, 3.63) is 40.4 Å². The van der Waals surface area contributed by atoms with Crippen molar-refractivity contribution in [2.45, 2.75) is 67.8 Å². The van der Waals surface area contributed by atoms with Crippen molar-refractivity contribution < 1.29 is 0 Å². The Kier molecular flexibility index (Phi) is 5.66. The summed E-state index contributed by atoms with van der Waals surface area (Å²) >= 11 is 7.72. The van der Waals surface area contributed by atoms with Crippen molar-refractivity contribution in [2.24, 2.45) is 0 Å². The summed E-state index contributed by atoms with van der Waals surface area (Å²) in [5, 5.41) is 11.6. The highest BCUT2D eigenvalue weighted by atomic mass is 35.5. The Morgan fingerprint density at radius 2 is 1.84 bits per heavy atom. The van der Waals surface area contributed by atoms with Gasteiger partial charge in [-0.3, -0.25) is 0 Å². The third-order valence-corrected chi connectivity index (χ3v) is 6.26. The molecular formula is C20H24ClN3S. The van der Waals surface area contributed by atoms with Crippen molar-refractivity contribution in [1.82, 2.24) is 4.57 Å². The molecule has 25 heavy (non-hydrogen) atoms. The zero-order valence-corrected chi connectivity index (χ0v) is 16.3. The second-order valence-corrected chi connectivity index (χ2v) is 8.46. The van der Waals surface area contributed by atoms with Gasteiger partial charge >= 0.3 is 0 Å². The third kappa shape index (κ3) is 3.68. The van der Waals surface area contributed by atoms with Crippen LogP contribution in [0, 0.1) is 11.3 Å². The first-order chi connectivity index (χ1) is 12.0. The number of benzene rings is 1. The SMILES string of the molecule is CC(C)c1c(C#N)c(N)n(C2CCCCC2)c1Sc1ccc(Cl)cc1. The molecule has 1 aromatic carbocycles. The molecule has 3 nitrogen and oxygen atoms in total. The number of hydrogen-bond donors (Lipinski definition) is 1. The fourth-order valence-electron chi connectivity index (χ4n) is 3.68. The molecule has 0 radical (unpaired) electrons. The molecule has 132 valence electrons. The first-order valence-corrected chi connectivity index (χ1v) is 10.1. The van der Waals surface area contributed by atoms with Crippen LogP contribution in [0.2, 0.25) is 5.02 Å². The van der Waals surface area contributed by atoms with Gasteiger partial charge in [0.2, 0.25) is 0 Å². The molecule has 2 aromatic rings. The molecule has 1 saturated carbocycles. The van der Waals surface area contributed by atoms with Crippen molar-refractivity contribution >= 4 is 29.2 Å². The highest BCUT2D eigenvalue weighted by Gasteiger charge is 2.28. The van der Waals surface area contributed by atoms with Gasteiger partial charge in [-0.15, -0.1) is 0 Å². The zero-order chi connectivity index (χ0) is 18.0. The number of nitrogen functional groups attached to an aromatic ring is 1. The normalized spacial score (nSPS) is 15.5. The molecule has 1 fully saturated rings. The lowest BCUT2D eigenvalue weighted by atomic mass is 9.95.